The van der Waals surface area contributed by atoms with Crippen LogP contribution in [0.15, 0.2) is 0 Å². The minimum Gasteiger partial charge on any atom is -0.478 e. The van der Waals surface area contributed by atoms with Crippen molar-refractivity contribution in [3.05, 3.63) is 11.4 Å². The lowest BCUT2D eigenvalue weighted by atomic mass is 10.2. The molecule has 0 fully saturated rings. The third-order valence-electron chi connectivity index (χ3n) is 2.25. The standard InChI is InChI=1S/C12H21N3O/c1-5-8-10-14-11(13-6-2)9(4)12(15-10)16-7-3/h5-8H2,1-4H3,(H,13,14,15). The third-order valence-corrected chi connectivity index (χ3v) is 2.25. The van der Waals surface area contributed by atoms with Gasteiger partial charge in [-0.2, -0.15) is 4.98 Å². The Morgan fingerprint density at radius 1 is 1.19 bits per heavy atom. The van der Waals surface area contributed by atoms with E-state index in [1.54, 1.807) is 0 Å². The lowest BCUT2D eigenvalue weighted by Gasteiger charge is -2.12. The SMILES string of the molecule is CCCc1nc(NCC)c(C)c(OCC)n1. The molecule has 90 valence electrons. The zero-order chi connectivity index (χ0) is 12.0. The first-order valence-corrected chi connectivity index (χ1v) is 5.97. The molecule has 0 aromatic carbocycles. The molecule has 0 bridgehead atoms. The summed E-state index contributed by atoms with van der Waals surface area (Å²) in [4.78, 5) is 8.91. The first kappa shape index (κ1) is 12.7. The Hall–Kier alpha value is -1.32. The highest BCUT2D eigenvalue weighted by molar-refractivity contribution is 5.48. The number of aromatic nitrogens is 2. The van der Waals surface area contributed by atoms with Crippen LogP contribution in [-0.2, 0) is 6.42 Å². The minimum atomic E-state index is 0.634. The molecule has 0 aliphatic rings. The molecule has 1 aromatic heterocycles. The van der Waals surface area contributed by atoms with Crippen LogP contribution in [0, 0.1) is 6.92 Å². The Bertz CT molecular complexity index is 312. The Kier molecular flexibility index (Phi) is 5.02. The summed E-state index contributed by atoms with van der Waals surface area (Å²) in [7, 11) is 0. The molecule has 1 aromatic rings. The molecule has 0 aliphatic carbocycles. The molecule has 0 atom stereocenters. The summed E-state index contributed by atoms with van der Waals surface area (Å²) in [6.07, 6.45) is 1.93. The largest absolute Gasteiger partial charge is 0.478 e. The van der Waals surface area contributed by atoms with Gasteiger partial charge in [-0.1, -0.05) is 6.92 Å². The summed E-state index contributed by atoms with van der Waals surface area (Å²) in [6, 6.07) is 0. The lowest BCUT2D eigenvalue weighted by Crippen LogP contribution is -2.09. The van der Waals surface area contributed by atoms with Gasteiger partial charge in [-0.05, 0) is 27.2 Å². The van der Waals surface area contributed by atoms with Crippen molar-refractivity contribution in [2.45, 2.75) is 40.5 Å². The van der Waals surface area contributed by atoms with E-state index in [4.69, 9.17) is 4.74 Å². The predicted octanol–water partition coefficient (Wildman–Crippen LogP) is 2.57. The number of ether oxygens (including phenoxy) is 1. The van der Waals surface area contributed by atoms with Gasteiger partial charge >= 0.3 is 0 Å². The van der Waals surface area contributed by atoms with Crippen molar-refractivity contribution in [1.82, 2.24) is 9.97 Å². The normalized spacial score (nSPS) is 10.2. The van der Waals surface area contributed by atoms with Gasteiger partial charge < -0.3 is 10.1 Å². The van der Waals surface area contributed by atoms with Gasteiger partial charge in [0.2, 0.25) is 5.88 Å². The second-order valence-electron chi connectivity index (χ2n) is 3.63. The van der Waals surface area contributed by atoms with E-state index in [1.165, 1.54) is 0 Å². The van der Waals surface area contributed by atoms with Crippen LogP contribution in [0.2, 0.25) is 0 Å². The van der Waals surface area contributed by atoms with Gasteiger partial charge in [0.25, 0.3) is 0 Å². The summed E-state index contributed by atoms with van der Waals surface area (Å²) in [5.41, 5.74) is 0.989. The fraction of sp³-hybridized carbons (Fsp3) is 0.667. The average molecular weight is 223 g/mol. The Morgan fingerprint density at radius 2 is 1.94 bits per heavy atom. The molecule has 1 N–H and O–H groups in total. The van der Waals surface area contributed by atoms with Crippen LogP contribution in [0.5, 0.6) is 5.88 Å². The van der Waals surface area contributed by atoms with Crippen LogP contribution in [0.3, 0.4) is 0 Å². The molecule has 0 amide bonds. The zero-order valence-electron chi connectivity index (χ0n) is 10.6. The molecular formula is C12H21N3O. The van der Waals surface area contributed by atoms with Crippen molar-refractivity contribution >= 4 is 5.82 Å². The van der Waals surface area contributed by atoms with Gasteiger partial charge in [-0.3, -0.25) is 0 Å². The van der Waals surface area contributed by atoms with Crippen LogP contribution in [0.4, 0.5) is 5.82 Å². The quantitative estimate of drug-likeness (QED) is 0.805. The van der Waals surface area contributed by atoms with Crippen LogP contribution in [-0.4, -0.2) is 23.1 Å². The smallest absolute Gasteiger partial charge is 0.221 e. The van der Waals surface area contributed by atoms with Crippen molar-refractivity contribution in [1.29, 1.82) is 0 Å². The highest BCUT2D eigenvalue weighted by Gasteiger charge is 2.10. The van der Waals surface area contributed by atoms with E-state index in [-0.39, 0.29) is 0 Å². The molecule has 4 nitrogen and oxygen atoms in total. The number of aryl methyl sites for hydroxylation is 1. The number of nitrogens with one attached hydrogen (secondary N) is 1. The fourth-order valence-corrected chi connectivity index (χ4v) is 1.49. The number of hydrogen-bond acceptors (Lipinski definition) is 4. The van der Waals surface area contributed by atoms with Crippen molar-refractivity contribution in [2.24, 2.45) is 0 Å². The van der Waals surface area contributed by atoms with Gasteiger partial charge in [0.1, 0.15) is 11.6 Å². The molecule has 0 saturated heterocycles. The summed E-state index contributed by atoms with van der Waals surface area (Å²) in [5, 5.41) is 3.24. The number of rotatable bonds is 6. The Balaban J connectivity index is 3.05. The molecule has 16 heavy (non-hydrogen) atoms. The molecule has 0 unspecified atom stereocenters. The lowest BCUT2D eigenvalue weighted by molar-refractivity contribution is 0.322. The van der Waals surface area contributed by atoms with Gasteiger partial charge in [-0.25, -0.2) is 4.98 Å². The monoisotopic (exact) mass is 223 g/mol. The average Bonchev–Trinajstić information content (AvgIpc) is 2.26. The molecule has 0 saturated carbocycles. The first-order valence-electron chi connectivity index (χ1n) is 5.97. The summed E-state index contributed by atoms with van der Waals surface area (Å²) < 4.78 is 5.52. The molecule has 0 spiro atoms. The minimum absolute atomic E-state index is 0.634. The highest BCUT2D eigenvalue weighted by Crippen LogP contribution is 2.22. The van der Waals surface area contributed by atoms with Gasteiger partial charge in [0, 0.05) is 13.0 Å². The molecular weight excluding hydrogens is 202 g/mol. The number of nitrogens with zero attached hydrogens (tertiary/aromatic N) is 2. The van der Waals surface area contributed by atoms with Gasteiger partial charge in [-0.15, -0.1) is 0 Å². The first-order chi connectivity index (χ1) is 7.72. The molecule has 0 radical (unpaired) electrons. The summed E-state index contributed by atoms with van der Waals surface area (Å²) >= 11 is 0. The van der Waals surface area contributed by atoms with Crippen molar-refractivity contribution in [3.8, 4) is 5.88 Å². The summed E-state index contributed by atoms with van der Waals surface area (Å²) in [5.74, 6) is 2.45. The maximum absolute atomic E-state index is 5.52. The third kappa shape index (κ3) is 3.08. The van der Waals surface area contributed by atoms with Crippen molar-refractivity contribution in [2.75, 3.05) is 18.5 Å². The number of anilines is 1. The van der Waals surface area contributed by atoms with E-state index in [1.807, 2.05) is 13.8 Å². The molecule has 4 heteroatoms. The predicted molar refractivity (Wildman–Crippen MR) is 66.1 cm³/mol. The van der Waals surface area contributed by atoms with Crippen LogP contribution in [0.1, 0.15) is 38.6 Å². The van der Waals surface area contributed by atoms with E-state index in [9.17, 15) is 0 Å². The van der Waals surface area contributed by atoms with Crippen molar-refractivity contribution < 1.29 is 4.74 Å². The topological polar surface area (TPSA) is 47.0 Å². The fourth-order valence-electron chi connectivity index (χ4n) is 1.49. The van der Waals surface area contributed by atoms with Gasteiger partial charge in [0.05, 0.1) is 12.2 Å². The molecule has 1 rings (SSSR count). The number of hydrogen-bond donors (Lipinski definition) is 1. The Labute approximate surface area is 97.5 Å². The van der Waals surface area contributed by atoms with Crippen LogP contribution < -0.4 is 10.1 Å². The zero-order valence-corrected chi connectivity index (χ0v) is 10.6. The molecule has 1 heterocycles. The Morgan fingerprint density at radius 3 is 2.50 bits per heavy atom. The highest BCUT2D eigenvalue weighted by atomic mass is 16.5. The summed E-state index contributed by atoms with van der Waals surface area (Å²) in [6.45, 7) is 9.62. The van der Waals surface area contributed by atoms with Crippen LogP contribution in [0.25, 0.3) is 0 Å². The van der Waals surface area contributed by atoms with Gasteiger partial charge in [0.15, 0.2) is 0 Å². The van der Waals surface area contributed by atoms with E-state index in [0.29, 0.717) is 12.5 Å². The van der Waals surface area contributed by atoms with E-state index in [2.05, 4.69) is 29.1 Å². The second kappa shape index (κ2) is 6.30. The van der Waals surface area contributed by atoms with E-state index in [0.717, 1.165) is 36.6 Å². The van der Waals surface area contributed by atoms with Crippen molar-refractivity contribution in [3.63, 3.8) is 0 Å². The van der Waals surface area contributed by atoms with E-state index >= 15 is 0 Å². The maximum atomic E-state index is 5.52. The molecule has 0 aliphatic heterocycles. The second-order valence-corrected chi connectivity index (χ2v) is 3.63. The van der Waals surface area contributed by atoms with Crippen LogP contribution >= 0.6 is 0 Å². The van der Waals surface area contributed by atoms with E-state index < -0.39 is 0 Å². The maximum Gasteiger partial charge on any atom is 0.221 e.